The van der Waals surface area contributed by atoms with E-state index in [1.54, 1.807) is 11.8 Å². The second kappa shape index (κ2) is 7.31. The van der Waals surface area contributed by atoms with Crippen molar-refractivity contribution in [3.05, 3.63) is 48.0 Å². The van der Waals surface area contributed by atoms with Crippen LogP contribution in [0.25, 0.3) is 10.8 Å². The van der Waals surface area contributed by atoms with Crippen LogP contribution in [0.1, 0.15) is 11.6 Å². The van der Waals surface area contributed by atoms with E-state index in [9.17, 15) is 4.79 Å². The molecule has 0 saturated carbocycles. The van der Waals surface area contributed by atoms with E-state index >= 15 is 0 Å². The van der Waals surface area contributed by atoms with Crippen molar-refractivity contribution < 1.29 is 9.53 Å². The monoisotopic (exact) mass is 289 g/mol. The third-order valence-corrected chi connectivity index (χ3v) is 4.29. The summed E-state index contributed by atoms with van der Waals surface area (Å²) in [5.74, 6) is 1.04. The SMILES string of the molecule is CNC(CSCC(=O)OC)c1cccc2ccccc12. The molecule has 1 N–H and O–H groups in total. The molecule has 0 amide bonds. The lowest BCUT2D eigenvalue weighted by Crippen LogP contribution is -2.20. The Bertz CT molecular complexity index is 580. The highest BCUT2D eigenvalue weighted by molar-refractivity contribution is 7.99. The first-order valence-electron chi connectivity index (χ1n) is 6.55. The number of fused-ring (bicyclic) bond motifs is 1. The molecule has 2 aromatic carbocycles. The van der Waals surface area contributed by atoms with Crippen LogP contribution in [-0.4, -0.2) is 31.6 Å². The van der Waals surface area contributed by atoms with Gasteiger partial charge >= 0.3 is 5.97 Å². The third kappa shape index (κ3) is 3.52. The smallest absolute Gasteiger partial charge is 0.315 e. The zero-order chi connectivity index (χ0) is 14.4. The molecule has 1 atom stereocenters. The van der Waals surface area contributed by atoms with Crippen molar-refractivity contribution in [3.63, 3.8) is 0 Å². The predicted molar refractivity (Wildman–Crippen MR) is 85.1 cm³/mol. The summed E-state index contributed by atoms with van der Waals surface area (Å²) < 4.78 is 4.66. The van der Waals surface area contributed by atoms with Crippen LogP contribution < -0.4 is 5.32 Å². The molecule has 0 spiro atoms. The van der Waals surface area contributed by atoms with E-state index in [1.165, 1.54) is 23.4 Å². The van der Waals surface area contributed by atoms with Gasteiger partial charge < -0.3 is 10.1 Å². The van der Waals surface area contributed by atoms with Gasteiger partial charge in [-0.2, -0.15) is 0 Å². The normalized spacial score (nSPS) is 12.3. The average Bonchev–Trinajstić information content (AvgIpc) is 2.51. The number of carbonyl (C=O) groups is 1. The van der Waals surface area contributed by atoms with Gasteiger partial charge in [-0.1, -0.05) is 42.5 Å². The Morgan fingerprint density at radius 3 is 2.75 bits per heavy atom. The van der Waals surface area contributed by atoms with Crippen LogP contribution >= 0.6 is 11.8 Å². The summed E-state index contributed by atoms with van der Waals surface area (Å²) in [6, 6.07) is 14.9. The number of hydrogen-bond acceptors (Lipinski definition) is 4. The van der Waals surface area contributed by atoms with Crippen molar-refractivity contribution in [2.45, 2.75) is 6.04 Å². The maximum atomic E-state index is 11.2. The van der Waals surface area contributed by atoms with Gasteiger partial charge in [-0.3, -0.25) is 4.79 Å². The standard InChI is InChI=1S/C16H19NO2S/c1-17-15(10-20-11-16(18)19-2)14-9-5-7-12-6-3-4-8-13(12)14/h3-9,15,17H,10-11H2,1-2H3. The molecule has 3 nitrogen and oxygen atoms in total. The van der Waals surface area contributed by atoms with Crippen LogP contribution in [-0.2, 0) is 9.53 Å². The summed E-state index contributed by atoms with van der Waals surface area (Å²) in [6.07, 6.45) is 0. The number of methoxy groups -OCH3 is 1. The second-order valence-corrected chi connectivity index (χ2v) is 5.53. The van der Waals surface area contributed by atoms with Gasteiger partial charge in [0.05, 0.1) is 12.9 Å². The highest BCUT2D eigenvalue weighted by Crippen LogP contribution is 2.26. The lowest BCUT2D eigenvalue weighted by molar-refractivity contribution is -0.137. The Balaban J connectivity index is 2.15. The van der Waals surface area contributed by atoms with Gasteiger partial charge in [-0.15, -0.1) is 11.8 Å². The van der Waals surface area contributed by atoms with Crippen LogP contribution in [0.2, 0.25) is 0 Å². The summed E-state index contributed by atoms with van der Waals surface area (Å²) in [6.45, 7) is 0. The van der Waals surface area contributed by atoms with E-state index in [1.807, 2.05) is 13.1 Å². The van der Waals surface area contributed by atoms with E-state index in [0.29, 0.717) is 5.75 Å². The largest absolute Gasteiger partial charge is 0.468 e. The van der Waals surface area contributed by atoms with Crippen molar-refractivity contribution in [2.75, 3.05) is 25.7 Å². The van der Waals surface area contributed by atoms with Gasteiger partial charge in [0.1, 0.15) is 0 Å². The molecule has 4 heteroatoms. The highest BCUT2D eigenvalue weighted by Gasteiger charge is 2.13. The Kier molecular flexibility index (Phi) is 5.44. The minimum Gasteiger partial charge on any atom is -0.468 e. The Hall–Kier alpha value is -1.52. The molecular formula is C16H19NO2S. The van der Waals surface area contributed by atoms with Crippen LogP contribution in [0.15, 0.2) is 42.5 Å². The fourth-order valence-corrected chi connectivity index (χ4v) is 3.19. The molecular weight excluding hydrogens is 270 g/mol. The van der Waals surface area contributed by atoms with E-state index in [4.69, 9.17) is 0 Å². The quantitative estimate of drug-likeness (QED) is 0.830. The van der Waals surface area contributed by atoms with Crippen molar-refractivity contribution in [2.24, 2.45) is 0 Å². The van der Waals surface area contributed by atoms with E-state index in [-0.39, 0.29) is 12.0 Å². The predicted octanol–water partition coefficient (Wildman–Crippen LogP) is 3.01. The molecule has 0 aliphatic carbocycles. The topological polar surface area (TPSA) is 38.3 Å². The van der Waals surface area contributed by atoms with Gasteiger partial charge in [0.2, 0.25) is 0 Å². The fraction of sp³-hybridized carbons (Fsp3) is 0.312. The minimum atomic E-state index is -0.178. The molecule has 1 unspecified atom stereocenters. The minimum absolute atomic E-state index is 0.178. The van der Waals surface area contributed by atoms with Gasteiger partial charge in [0.15, 0.2) is 0 Å². The van der Waals surface area contributed by atoms with E-state index in [2.05, 4.69) is 46.5 Å². The zero-order valence-corrected chi connectivity index (χ0v) is 12.6. The molecule has 0 heterocycles. The second-order valence-electron chi connectivity index (χ2n) is 4.50. The summed E-state index contributed by atoms with van der Waals surface area (Å²) in [5.41, 5.74) is 1.27. The lowest BCUT2D eigenvalue weighted by atomic mass is 10.00. The molecule has 2 rings (SSSR count). The van der Waals surface area contributed by atoms with Crippen molar-refractivity contribution in [1.82, 2.24) is 5.32 Å². The molecule has 2 aromatic rings. The molecule has 0 radical (unpaired) electrons. The van der Waals surface area contributed by atoms with Gasteiger partial charge in [0, 0.05) is 11.8 Å². The Labute approximate surface area is 123 Å². The van der Waals surface area contributed by atoms with Crippen LogP contribution in [0.5, 0.6) is 0 Å². The van der Waals surface area contributed by atoms with Gasteiger partial charge in [0.25, 0.3) is 0 Å². The summed E-state index contributed by atoms with van der Waals surface area (Å²) >= 11 is 1.58. The number of nitrogens with one attached hydrogen (secondary N) is 1. The maximum absolute atomic E-state index is 11.2. The number of thioether (sulfide) groups is 1. The Morgan fingerprint density at radius 2 is 2.00 bits per heavy atom. The van der Waals surface area contributed by atoms with Crippen LogP contribution in [0, 0.1) is 0 Å². The van der Waals surface area contributed by atoms with E-state index < -0.39 is 0 Å². The molecule has 20 heavy (non-hydrogen) atoms. The molecule has 0 bridgehead atoms. The molecule has 0 aliphatic heterocycles. The van der Waals surface area contributed by atoms with Crippen molar-refractivity contribution in [1.29, 1.82) is 0 Å². The third-order valence-electron chi connectivity index (χ3n) is 3.28. The molecule has 0 aliphatic rings. The first-order chi connectivity index (χ1) is 9.76. The van der Waals surface area contributed by atoms with Crippen molar-refractivity contribution >= 4 is 28.5 Å². The average molecular weight is 289 g/mol. The molecule has 0 saturated heterocycles. The number of esters is 1. The summed E-state index contributed by atoms with van der Waals surface area (Å²) in [4.78, 5) is 11.2. The highest BCUT2D eigenvalue weighted by atomic mass is 32.2. The summed E-state index contributed by atoms with van der Waals surface area (Å²) in [7, 11) is 3.37. The van der Waals surface area contributed by atoms with Crippen LogP contribution in [0.3, 0.4) is 0 Å². The molecule has 106 valence electrons. The number of benzene rings is 2. The molecule has 0 aromatic heterocycles. The first kappa shape index (κ1) is 14.9. The zero-order valence-electron chi connectivity index (χ0n) is 11.8. The first-order valence-corrected chi connectivity index (χ1v) is 7.71. The van der Waals surface area contributed by atoms with Crippen molar-refractivity contribution in [3.8, 4) is 0 Å². The van der Waals surface area contributed by atoms with Crippen LogP contribution in [0.4, 0.5) is 0 Å². The number of hydrogen-bond donors (Lipinski definition) is 1. The summed E-state index contributed by atoms with van der Waals surface area (Å²) in [5, 5.41) is 5.83. The van der Waals surface area contributed by atoms with Gasteiger partial charge in [-0.05, 0) is 23.4 Å². The number of ether oxygens (including phenoxy) is 1. The number of carbonyl (C=O) groups excluding carboxylic acids is 1. The fourth-order valence-electron chi connectivity index (χ4n) is 2.20. The number of rotatable bonds is 6. The van der Waals surface area contributed by atoms with Gasteiger partial charge in [-0.25, -0.2) is 0 Å². The maximum Gasteiger partial charge on any atom is 0.315 e. The lowest BCUT2D eigenvalue weighted by Gasteiger charge is -2.18. The van der Waals surface area contributed by atoms with E-state index in [0.717, 1.165) is 5.75 Å². The Morgan fingerprint density at radius 1 is 1.25 bits per heavy atom. The molecule has 0 fully saturated rings.